The molecule has 3 rings (SSSR count). The van der Waals surface area contributed by atoms with Crippen molar-refractivity contribution in [1.82, 2.24) is 4.98 Å². The van der Waals surface area contributed by atoms with Gasteiger partial charge in [0.2, 0.25) is 0 Å². The van der Waals surface area contributed by atoms with Gasteiger partial charge in [-0.25, -0.2) is 0 Å². The van der Waals surface area contributed by atoms with Crippen LogP contribution in [0.3, 0.4) is 0 Å². The van der Waals surface area contributed by atoms with Gasteiger partial charge in [-0.1, -0.05) is 31.0 Å². The smallest absolute Gasteiger partial charge is 0.0497 e. The predicted octanol–water partition coefficient (Wildman–Crippen LogP) is 3.56. The van der Waals surface area contributed by atoms with Crippen LogP contribution >= 0.6 is 0 Å². The largest absolute Gasteiger partial charge is 0.358 e. The summed E-state index contributed by atoms with van der Waals surface area (Å²) in [5.74, 6) is 0. The summed E-state index contributed by atoms with van der Waals surface area (Å²) in [6, 6.07) is 6.68. The summed E-state index contributed by atoms with van der Waals surface area (Å²) in [7, 11) is 0. The first-order valence-corrected chi connectivity index (χ1v) is 6.96. The Morgan fingerprint density at radius 2 is 1.94 bits per heavy atom. The zero-order valence-corrected chi connectivity index (χ0v) is 11.3. The summed E-state index contributed by atoms with van der Waals surface area (Å²) >= 11 is 0. The fraction of sp³-hybridized carbons (Fsp3) is 0.500. The van der Waals surface area contributed by atoms with E-state index in [9.17, 15) is 0 Å². The molecule has 0 bridgehead atoms. The molecule has 0 amide bonds. The molecule has 0 radical (unpaired) electrons. The molecule has 0 atom stereocenters. The second kappa shape index (κ2) is 4.13. The van der Waals surface area contributed by atoms with Crippen molar-refractivity contribution in [2.75, 3.05) is 6.54 Å². The quantitative estimate of drug-likeness (QED) is 0.830. The highest BCUT2D eigenvalue weighted by molar-refractivity contribution is 5.88. The van der Waals surface area contributed by atoms with Gasteiger partial charge < -0.3 is 10.7 Å². The Hall–Kier alpha value is -1.28. The van der Waals surface area contributed by atoms with Crippen molar-refractivity contribution in [3.63, 3.8) is 0 Å². The molecule has 0 saturated heterocycles. The summed E-state index contributed by atoms with van der Waals surface area (Å²) in [5, 5.41) is 1.37. The second-order valence-electron chi connectivity index (χ2n) is 5.79. The van der Waals surface area contributed by atoms with Crippen molar-refractivity contribution < 1.29 is 0 Å². The molecular weight excluding hydrogens is 220 g/mol. The average Bonchev–Trinajstić information content (AvgIpc) is 2.97. The number of H-pyrrole nitrogens is 1. The number of aromatic amines is 1. The molecule has 1 heterocycles. The number of fused-ring (bicyclic) bond motifs is 1. The van der Waals surface area contributed by atoms with Crippen LogP contribution in [0, 0.1) is 13.8 Å². The SMILES string of the molecule is Cc1[nH]c2c(C3(CN)CCCC3)cccc2c1C. The van der Waals surface area contributed by atoms with Crippen LogP contribution in [-0.2, 0) is 5.41 Å². The summed E-state index contributed by atoms with van der Waals surface area (Å²) < 4.78 is 0. The van der Waals surface area contributed by atoms with Crippen molar-refractivity contribution in [2.45, 2.75) is 44.9 Å². The zero-order valence-electron chi connectivity index (χ0n) is 11.3. The Bertz CT molecular complexity index is 574. The Morgan fingerprint density at radius 3 is 2.61 bits per heavy atom. The third-order valence-electron chi connectivity index (χ3n) is 4.87. The minimum Gasteiger partial charge on any atom is -0.358 e. The number of hydrogen-bond acceptors (Lipinski definition) is 1. The standard InChI is InChI=1S/C16H22N2/c1-11-12(2)18-15-13(11)6-5-7-14(15)16(10-17)8-3-4-9-16/h5-7,18H,3-4,8-10,17H2,1-2H3. The third-order valence-corrected chi connectivity index (χ3v) is 4.87. The van der Waals surface area contributed by atoms with E-state index in [-0.39, 0.29) is 5.41 Å². The van der Waals surface area contributed by atoms with E-state index >= 15 is 0 Å². The molecule has 18 heavy (non-hydrogen) atoms. The van der Waals surface area contributed by atoms with E-state index in [1.807, 2.05) is 0 Å². The minimum absolute atomic E-state index is 0.212. The maximum Gasteiger partial charge on any atom is 0.0497 e. The lowest BCUT2D eigenvalue weighted by molar-refractivity contribution is 0.456. The highest BCUT2D eigenvalue weighted by Gasteiger charge is 2.35. The van der Waals surface area contributed by atoms with E-state index < -0.39 is 0 Å². The number of para-hydroxylation sites is 1. The lowest BCUT2D eigenvalue weighted by Crippen LogP contribution is -2.32. The summed E-state index contributed by atoms with van der Waals surface area (Å²) in [6.07, 6.45) is 5.10. The van der Waals surface area contributed by atoms with Crippen LogP contribution in [0.5, 0.6) is 0 Å². The van der Waals surface area contributed by atoms with Gasteiger partial charge in [-0.05, 0) is 37.8 Å². The average molecular weight is 242 g/mol. The minimum atomic E-state index is 0.212. The van der Waals surface area contributed by atoms with Crippen LogP contribution in [0.1, 0.15) is 42.5 Å². The van der Waals surface area contributed by atoms with Gasteiger partial charge in [0.25, 0.3) is 0 Å². The first-order valence-electron chi connectivity index (χ1n) is 6.96. The van der Waals surface area contributed by atoms with Crippen molar-refractivity contribution in [3.05, 3.63) is 35.0 Å². The molecular formula is C16H22N2. The fourth-order valence-corrected chi connectivity index (χ4v) is 3.56. The van der Waals surface area contributed by atoms with Crippen LogP contribution < -0.4 is 5.73 Å². The number of benzene rings is 1. The molecule has 1 aromatic heterocycles. The van der Waals surface area contributed by atoms with E-state index in [2.05, 4.69) is 37.0 Å². The van der Waals surface area contributed by atoms with Gasteiger partial charge in [0.15, 0.2) is 0 Å². The molecule has 2 nitrogen and oxygen atoms in total. The van der Waals surface area contributed by atoms with Crippen LogP contribution in [0.2, 0.25) is 0 Å². The predicted molar refractivity (Wildman–Crippen MR) is 77.0 cm³/mol. The number of nitrogens with two attached hydrogens (primary N) is 1. The molecule has 1 aromatic carbocycles. The monoisotopic (exact) mass is 242 g/mol. The first kappa shape index (κ1) is 11.8. The zero-order chi connectivity index (χ0) is 12.8. The van der Waals surface area contributed by atoms with E-state index in [1.165, 1.54) is 53.4 Å². The Labute approximate surface area is 109 Å². The van der Waals surface area contributed by atoms with Crippen molar-refractivity contribution in [3.8, 4) is 0 Å². The van der Waals surface area contributed by atoms with Crippen LogP contribution in [-0.4, -0.2) is 11.5 Å². The lowest BCUT2D eigenvalue weighted by atomic mass is 9.78. The highest BCUT2D eigenvalue weighted by Crippen LogP contribution is 2.43. The molecule has 3 N–H and O–H groups in total. The van der Waals surface area contributed by atoms with Gasteiger partial charge in [-0.2, -0.15) is 0 Å². The maximum atomic E-state index is 6.12. The molecule has 2 aromatic rings. The van der Waals surface area contributed by atoms with Gasteiger partial charge in [-0.15, -0.1) is 0 Å². The fourth-order valence-electron chi connectivity index (χ4n) is 3.56. The van der Waals surface area contributed by atoms with Crippen LogP contribution in [0.15, 0.2) is 18.2 Å². The molecule has 0 spiro atoms. The number of rotatable bonds is 2. The molecule has 1 fully saturated rings. The highest BCUT2D eigenvalue weighted by atomic mass is 14.7. The number of hydrogen-bond donors (Lipinski definition) is 2. The molecule has 2 heteroatoms. The molecule has 1 aliphatic rings. The van der Waals surface area contributed by atoms with Gasteiger partial charge in [0, 0.05) is 28.6 Å². The van der Waals surface area contributed by atoms with E-state index in [0.717, 1.165) is 6.54 Å². The number of nitrogens with one attached hydrogen (secondary N) is 1. The Balaban J connectivity index is 2.26. The van der Waals surface area contributed by atoms with Crippen molar-refractivity contribution in [1.29, 1.82) is 0 Å². The topological polar surface area (TPSA) is 41.8 Å². The second-order valence-corrected chi connectivity index (χ2v) is 5.79. The Kier molecular flexibility index (Phi) is 2.70. The number of aromatic nitrogens is 1. The summed E-state index contributed by atoms with van der Waals surface area (Å²) in [6.45, 7) is 5.12. The Morgan fingerprint density at radius 1 is 1.22 bits per heavy atom. The number of aryl methyl sites for hydroxylation is 2. The lowest BCUT2D eigenvalue weighted by Gasteiger charge is -2.28. The first-order chi connectivity index (χ1) is 8.68. The van der Waals surface area contributed by atoms with Gasteiger partial charge in [0.1, 0.15) is 0 Å². The normalized spacial score (nSPS) is 18.6. The van der Waals surface area contributed by atoms with E-state index in [1.54, 1.807) is 0 Å². The van der Waals surface area contributed by atoms with E-state index in [0.29, 0.717) is 0 Å². The summed E-state index contributed by atoms with van der Waals surface area (Å²) in [4.78, 5) is 3.58. The van der Waals surface area contributed by atoms with Crippen LogP contribution in [0.25, 0.3) is 10.9 Å². The molecule has 1 saturated carbocycles. The maximum absolute atomic E-state index is 6.12. The van der Waals surface area contributed by atoms with Gasteiger partial charge in [0.05, 0.1) is 0 Å². The van der Waals surface area contributed by atoms with Gasteiger partial charge >= 0.3 is 0 Å². The van der Waals surface area contributed by atoms with Crippen LogP contribution in [0.4, 0.5) is 0 Å². The van der Waals surface area contributed by atoms with E-state index in [4.69, 9.17) is 5.73 Å². The third kappa shape index (κ3) is 1.52. The van der Waals surface area contributed by atoms with Gasteiger partial charge in [-0.3, -0.25) is 0 Å². The molecule has 96 valence electrons. The molecule has 0 unspecified atom stereocenters. The molecule has 0 aliphatic heterocycles. The van der Waals surface area contributed by atoms with Crippen molar-refractivity contribution in [2.24, 2.45) is 5.73 Å². The molecule has 1 aliphatic carbocycles. The summed E-state index contributed by atoms with van der Waals surface area (Å²) in [5.41, 5.74) is 11.7. The van der Waals surface area contributed by atoms with Crippen molar-refractivity contribution >= 4 is 10.9 Å².